The smallest absolute Gasteiger partial charge is 0.319 e. The van der Waals surface area contributed by atoms with E-state index in [-0.39, 0.29) is 5.97 Å². The highest BCUT2D eigenvalue weighted by molar-refractivity contribution is 5.83. The molecule has 0 aliphatic heterocycles. The lowest BCUT2D eigenvalue weighted by atomic mass is 9.68. The van der Waals surface area contributed by atoms with Crippen LogP contribution in [0.25, 0.3) is 0 Å². The lowest BCUT2D eigenvalue weighted by Crippen LogP contribution is -2.45. The van der Waals surface area contributed by atoms with Gasteiger partial charge in [-0.05, 0) is 38.7 Å². The molecule has 0 spiro atoms. The van der Waals surface area contributed by atoms with Crippen molar-refractivity contribution in [1.82, 2.24) is 9.97 Å². The maximum atomic E-state index is 12.1. The van der Waals surface area contributed by atoms with Crippen LogP contribution in [0.15, 0.2) is 6.07 Å². The van der Waals surface area contributed by atoms with Crippen LogP contribution >= 0.6 is 0 Å². The fourth-order valence-electron chi connectivity index (χ4n) is 2.96. The van der Waals surface area contributed by atoms with Crippen LogP contribution in [0.5, 0.6) is 0 Å². The Balaban J connectivity index is 1.99. The van der Waals surface area contributed by atoms with E-state index in [0.717, 1.165) is 30.7 Å². The molecule has 2 saturated carbocycles. The van der Waals surface area contributed by atoms with Gasteiger partial charge in [0, 0.05) is 17.3 Å². The highest BCUT2D eigenvalue weighted by Crippen LogP contribution is 2.44. The quantitative estimate of drug-likeness (QED) is 0.784. The van der Waals surface area contributed by atoms with Crippen LogP contribution in [-0.2, 0) is 14.9 Å². The van der Waals surface area contributed by atoms with Crippen molar-refractivity contribution >= 4 is 5.97 Å². The van der Waals surface area contributed by atoms with Crippen molar-refractivity contribution in [3.63, 3.8) is 0 Å². The standard InChI is InChI=1S/C15H20N2O2/c1-10-9-12(11-5-3-6-11)17-13(16-10)15(7-4-8-15)14(18)19-2/h9,11H,3-8H2,1-2H3. The van der Waals surface area contributed by atoms with E-state index in [4.69, 9.17) is 9.72 Å². The molecule has 0 atom stereocenters. The Hall–Kier alpha value is -1.45. The van der Waals surface area contributed by atoms with Gasteiger partial charge in [-0.2, -0.15) is 0 Å². The number of ether oxygens (including phenoxy) is 1. The van der Waals surface area contributed by atoms with E-state index in [1.165, 1.54) is 26.4 Å². The lowest BCUT2D eigenvalue weighted by molar-refractivity contribution is -0.151. The first kappa shape index (κ1) is 12.6. The Morgan fingerprint density at radius 1 is 1.32 bits per heavy atom. The van der Waals surface area contributed by atoms with E-state index < -0.39 is 5.41 Å². The highest BCUT2D eigenvalue weighted by atomic mass is 16.5. The number of carbonyl (C=O) groups excluding carboxylic acids is 1. The largest absolute Gasteiger partial charge is 0.468 e. The van der Waals surface area contributed by atoms with E-state index in [2.05, 4.69) is 11.1 Å². The molecule has 0 unspecified atom stereocenters. The van der Waals surface area contributed by atoms with Crippen LogP contribution in [0.4, 0.5) is 0 Å². The number of hydrogen-bond acceptors (Lipinski definition) is 4. The Labute approximate surface area is 113 Å². The molecule has 1 heterocycles. The lowest BCUT2D eigenvalue weighted by Gasteiger charge is -2.38. The third-order valence-corrected chi connectivity index (χ3v) is 4.61. The van der Waals surface area contributed by atoms with Gasteiger partial charge in [0.15, 0.2) is 0 Å². The van der Waals surface area contributed by atoms with E-state index >= 15 is 0 Å². The van der Waals surface area contributed by atoms with E-state index in [1.54, 1.807) is 0 Å². The minimum Gasteiger partial charge on any atom is -0.468 e. The van der Waals surface area contributed by atoms with Gasteiger partial charge in [-0.25, -0.2) is 9.97 Å². The Kier molecular flexibility index (Phi) is 3.03. The minimum absolute atomic E-state index is 0.177. The maximum Gasteiger partial charge on any atom is 0.319 e. The number of carbonyl (C=O) groups is 1. The molecule has 0 N–H and O–H groups in total. The SMILES string of the molecule is COC(=O)C1(c2nc(C)cc(C3CCC3)n2)CCC1. The summed E-state index contributed by atoms with van der Waals surface area (Å²) in [6, 6.07) is 2.07. The van der Waals surface area contributed by atoms with Gasteiger partial charge >= 0.3 is 5.97 Å². The molecule has 4 nitrogen and oxygen atoms in total. The van der Waals surface area contributed by atoms with Crippen molar-refractivity contribution in [3.8, 4) is 0 Å². The number of nitrogens with zero attached hydrogens (tertiary/aromatic N) is 2. The number of methoxy groups -OCH3 is 1. The van der Waals surface area contributed by atoms with Crippen molar-refractivity contribution in [2.45, 2.75) is 56.8 Å². The third kappa shape index (κ3) is 1.94. The number of hydrogen-bond donors (Lipinski definition) is 0. The molecule has 3 rings (SSSR count). The molecule has 1 aromatic heterocycles. The van der Waals surface area contributed by atoms with Gasteiger partial charge in [-0.1, -0.05) is 12.8 Å². The van der Waals surface area contributed by atoms with Gasteiger partial charge in [0.05, 0.1) is 7.11 Å². The van der Waals surface area contributed by atoms with Gasteiger partial charge in [-0.15, -0.1) is 0 Å². The van der Waals surface area contributed by atoms with Crippen LogP contribution in [-0.4, -0.2) is 23.0 Å². The summed E-state index contributed by atoms with van der Waals surface area (Å²) in [4.78, 5) is 21.3. The topological polar surface area (TPSA) is 52.1 Å². The summed E-state index contributed by atoms with van der Waals surface area (Å²) >= 11 is 0. The summed E-state index contributed by atoms with van der Waals surface area (Å²) in [6.07, 6.45) is 6.37. The van der Waals surface area contributed by atoms with Crippen LogP contribution in [0.1, 0.15) is 61.7 Å². The van der Waals surface area contributed by atoms with Crippen LogP contribution < -0.4 is 0 Å². The van der Waals surface area contributed by atoms with Crippen molar-refractivity contribution in [2.24, 2.45) is 0 Å². The second-order valence-electron chi connectivity index (χ2n) is 5.81. The zero-order valence-electron chi connectivity index (χ0n) is 11.6. The summed E-state index contributed by atoms with van der Waals surface area (Å²) in [5.74, 6) is 1.08. The Bertz CT molecular complexity index is 505. The Morgan fingerprint density at radius 2 is 2.05 bits per heavy atom. The maximum absolute atomic E-state index is 12.1. The average Bonchev–Trinajstić information content (AvgIpc) is 2.24. The molecule has 102 valence electrons. The molecule has 0 radical (unpaired) electrons. The number of esters is 1. The fraction of sp³-hybridized carbons (Fsp3) is 0.667. The van der Waals surface area contributed by atoms with E-state index in [1.807, 2.05) is 6.92 Å². The highest BCUT2D eigenvalue weighted by Gasteiger charge is 2.49. The molecule has 0 saturated heterocycles. The third-order valence-electron chi connectivity index (χ3n) is 4.61. The summed E-state index contributed by atoms with van der Waals surface area (Å²) in [7, 11) is 1.45. The van der Waals surface area contributed by atoms with E-state index in [0.29, 0.717) is 11.7 Å². The predicted octanol–water partition coefficient (Wildman–Crippen LogP) is 2.65. The van der Waals surface area contributed by atoms with Crippen LogP contribution in [0.2, 0.25) is 0 Å². The van der Waals surface area contributed by atoms with Crippen LogP contribution in [0.3, 0.4) is 0 Å². The van der Waals surface area contributed by atoms with Crippen molar-refractivity contribution in [2.75, 3.05) is 7.11 Å². The number of rotatable bonds is 3. The van der Waals surface area contributed by atoms with Gasteiger partial charge in [0.2, 0.25) is 0 Å². The predicted molar refractivity (Wildman–Crippen MR) is 70.9 cm³/mol. The van der Waals surface area contributed by atoms with Gasteiger partial charge in [0.1, 0.15) is 11.2 Å². The summed E-state index contributed by atoms with van der Waals surface area (Å²) in [5.41, 5.74) is 1.50. The summed E-state index contributed by atoms with van der Waals surface area (Å²) in [5, 5.41) is 0. The molecule has 0 amide bonds. The number of aromatic nitrogens is 2. The molecule has 0 bridgehead atoms. The average molecular weight is 260 g/mol. The zero-order chi connectivity index (χ0) is 13.5. The molecule has 19 heavy (non-hydrogen) atoms. The first-order valence-corrected chi connectivity index (χ1v) is 7.10. The summed E-state index contributed by atoms with van der Waals surface area (Å²) < 4.78 is 4.97. The molecule has 2 fully saturated rings. The van der Waals surface area contributed by atoms with Crippen LogP contribution in [0, 0.1) is 6.92 Å². The first-order chi connectivity index (χ1) is 9.15. The molecule has 0 aromatic carbocycles. The molecule has 4 heteroatoms. The minimum atomic E-state index is -0.570. The fourth-order valence-corrected chi connectivity index (χ4v) is 2.96. The molecular weight excluding hydrogens is 240 g/mol. The molecule has 2 aliphatic rings. The second kappa shape index (κ2) is 4.58. The van der Waals surface area contributed by atoms with Crippen molar-refractivity contribution < 1.29 is 9.53 Å². The first-order valence-electron chi connectivity index (χ1n) is 7.10. The van der Waals surface area contributed by atoms with Gasteiger partial charge in [-0.3, -0.25) is 4.79 Å². The number of aryl methyl sites for hydroxylation is 1. The van der Waals surface area contributed by atoms with Gasteiger partial charge < -0.3 is 4.74 Å². The molecule has 1 aromatic rings. The van der Waals surface area contributed by atoms with E-state index in [9.17, 15) is 4.79 Å². The second-order valence-corrected chi connectivity index (χ2v) is 5.81. The monoisotopic (exact) mass is 260 g/mol. The van der Waals surface area contributed by atoms with Crippen molar-refractivity contribution in [1.29, 1.82) is 0 Å². The Morgan fingerprint density at radius 3 is 2.53 bits per heavy atom. The van der Waals surface area contributed by atoms with Crippen molar-refractivity contribution in [3.05, 3.63) is 23.3 Å². The molecule has 2 aliphatic carbocycles. The molecular formula is C15H20N2O2. The summed E-state index contributed by atoms with van der Waals surface area (Å²) in [6.45, 7) is 1.98. The zero-order valence-corrected chi connectivity index (χ0v) is 11.6. The van der Waals surface area contributed by atoms with Gasteiger partial charge in [0.25, 0.3) is 0 Å². The normalized spacial score (nSPS) is 21.4.